The summed E-state index contributed by atoms with van der Waals surface area (Å²) < 4.78 is 0. The molecule has 2 nitrogen and oxygen atoms in total. The van der Waals surface area contributed by atoms with E-state index < -0.39 is 0 Å². The van der Waals surface area contributed by atoms with E-state index in [9.17, 15) is 0 Å². The SMILES string of the molecule is CC.Cc1nccc(Cl)c1O. The van der Waals surface area contributed by atoms with Crippen molar-refractivity contribution in [2.75, 3.05) is 0 Å². The minimum atomic E-state index is 0.0687. The normalized spacial score (nSPS) is 8.36. The number of aromatic hydroxyl groups is 1. The number of rotatable bonds is 0. The van der Waals surface area contributed by atoms with Crippen LogP contribution in [-0.2, 0) is 0 Å². The largest absolute Gasteiger partial charge is 0.505 e. The van der Waals surface area contributed by atoms with Gasteiger partial charge in [-0.1, -0.05) is 25.4 Å². The van der Waals surface area contributed by atoms with Crippen molar-refractivity contribution >= 4 is 11.6 Å². The van der Waals surface area contributed by atoms with Crippen molar-refractivity contribution in [3.63, 3.8) is 0 Å². The van der Waals surface area contributed by atoms with Gasteiger partial charge in [-0.25, -0.2) is 0 Å². The summed E-state index contributed by atoms with van der Waals surface area (Å²) in [6.45, 7) is 5.70. The van der Waals surface area contributed by atoms with Gasteiger partial charge in [0.15, 0.2) is 5.75 Å². The molecule has 1 aromatic heterocycles. The maximum Gasteiger partial charge on any atom is 0.155 e. The van der Waals surface area contributed by atoms with E-state index in [0.29, 0.717) is 10.7 Å². The lowest BCUT2D eigenvalue weighted by molar-refractivity contribution is 0.468. The van der Waals surface area contributed by atoms with E-state index in [1.54, 1.807) is 19.2 Å². The van der Waals surface area contributed by atoms with Crippen molar-refractivity contribution in [2.24, 2.45) is 0 Å². The van der Waals surface area contributed by atoms with Crippen molar-refractivity contribution in [1.82, 2.24) is 4.98 Å². The minimum Gasteiger partial charge on any atom is -0.505 e. The molecule has 0 aliphatic rings. The van der Waals surface area contributed by atoms with Gasteiger partial charge in [0.25, 0.3) is 0 Å². The number of hydrogen-bond donors (Lipinski definition) is 1. The van der Waals surface area contributed by atoms with Gasteiger partial charge in [0.05, 0.1) is 10.7 Å². The monoisotopic (exact) mass is 173 g/mol. The Morgan fingerprint density at radius 1 is 1.45 bits per heavy atom. The first kappa shape index (κ1) is 10.2. The Morgan fingerprint density at radius 3 is 2.36 bits per heavy atom. The second-order valence-corrected chi connectivity index (χ2v) is 2.13. The van der Waals surface area contributed by atoms with Crippen LogP contribution in [-0.4, -0.2) is 10.1 Å². The number of nitrogens with zero attached hydrogens (tertiary/aromatic N) is 1. The lowest BCUT2D eigenvalue weighted by atomic mass is 10.3. The Hall–Kier alpha value is -0.760. The summed E-state index contributed by atoms with van der Waals surface area (Å²) in [6, 6.07) is 1.55. The lowest BCUT2D eigenvalue weighted by Crippen LogP contribution is -1.79. The van der Waals surface area contributed by atoms with Gasteiger partial charge in [-0.15, -0.1) is 0 Å². The van der Waals surface area contributed by atoms with Crippen LogP contribution in [0.4, 0.5) is 0 Å². The fraction of sp³-hybridized carbons (Fsp3) is 0.375. The van der Waals surface area contributed by atoms with Crippen LogP contribution >= 0.6 is 11.6 Å². The second-order valence-electron chi connectivity index (χ2n) is 1.73. The Bertz CT molecular complexity index is 205. The predicted molar refractivity (Wildman–Crippen MR) is 47.0 cm³/mol. The molecule has 1 aromatic rings. The molecule has 62 valence electrons. The molecule has 0 saturated heterocycles. The predicted octanol–water partition coefficient (Wildman–Crippen LogP) is 2.78. The number of aromatic nitrogens is 1. The molecular weight excluding hydrogens is 162 g/mol. The first-order valence-electron chi connectivity index (χ1n) is 3.52. The maximum absolute atomic E-state index is 9.01. The molecule has 1 N–H and O–H groups in total. The highest BCUT2D eigenvalue weighted by Crippen LogP contribution is 2.23. The summed E-state index contributed by atoms with van der Waals surface area (Å²) in [6.07, 6.45) is 1.55. The summed E-state index contributed by atoms with van der Waals surface area (Å²) in [4.78, 5) is 3.81. The highest BCUT2D eigenvalue weighted by molar-refractivity contribution is 6.32. The topological polar surface area (TPSA) is 33.1 Å². The third-order valence-electron chi connectivity index (χ3n) is 1.06. The van der Waals surface area contributed by atoms with Gasteiger partial charge in [-0.3, -0.25) is 4.98 Å². The van der Waals surface area contributed by atoms with Crippen molar-refractivity contribution in [3.8, 4) is 5.75 Å². The molecule has 1 rings (SSSR count). The molecule has 0 aliphatic carbocycles. The molecular formula is C8H12ClNO. The first-order valence-corrected chi connectivity index (χ1v) is 3.89. The molecule has 11 heavy (non-hydrogen) atoms. The van der Waals surface area contributed by atoms with Crippen molar-refractivity contribution in [2.45, 2.75) is 20.8 Å². The van der Waals surface area contributed by atoms with Gasteiger partial charge >= 0.3 is 0 Å². The summed E-state index contributed by atoms with van der Waals surface area (Å²) in [5, 5.41) is 9.36. The fourth-order valence-corrected chi connectivity index (χ4v) is 0.720. The smallest absolute Gasteiger partial charge is 0.155 e. The van der Waals surface area contributed by atoms with E-state index in [1.165, 1.54) is 0 Å². The molecule has 0 bridgehead atoms. The lowest BCUT2D eigenvalue weighted by Gasteiger charge is -1.96. The van der Waals surface area contributed by atoms with Crippen LogP contribution in [0, 0.1) is 6.92 Å². The van der Waals surface area contributed by atoms with E-state index in [-0.39, 0.29) is 5.75 Å². The molecule has 0 fully saturated rings. The Labute approximate surface area is 71.8 Å². The van der Waals surface area contributed by atoms with Crippen molar-refractivity contribution in [1.29, 1.82) is 0 Å². The Kier molecular flexibility index (Phi) is 4.62. The summed E-state index contributed by atoms with van der Waals surface area (Å²) >= 11 is 5.52. The molecule has 0 aliphatic heterocycles. The Morgan fingerprint density at radius 2 is 2.00 bits per heavy atom. The van der Waals surface area contributed by atoms with E-state index in [2.05, 4.69) is 4.98 Å². The second kappa shape index (κ2) is 4.97. The summed E-state index contributed by atoms with van der Waals surface area (Å²) in [5.41, 5.74) is 0.558. The van der Waals surface area contributed by atoms with Crippen molar-refractivity contribution in [3.05, 3.63) is 23.0 Å². The zero-order valence-corrected chi connectivity index (χ0v) is 7.68. The zero-order chi connectivity index (χ0) is 8.85. The number of pyridine rings is 1. The van der Waals surface area contributed by atoms with Crippen LogP contribution in [0.25, 0.3) is 0 Å². The van der Waals surface area contributed by atoms with Gasteiger partial charge in [0.2, 0.25) is 0 Å². The zero-order valence-electron chi connectivity index (χ0n) is 6.93. The highest BCUT2D eigenvalue weighted by Gasteiger charge is 1.98. The van der Waals surface area contributed by atoms with E-state index in [1.807, 2.05) is 13.8 Å². The fourth-order valence-electron chi connectivity index (χ4n) is 0.527. The molecule has 0 radical (unpaired) electrons. The van der Waals surface area contributed by atoms with Crippen LogP contribution in [0.5, 0.6) is 5.75 Å². The van der Waals surface area contributed by atoms with E-state index in [0.717, 1.165) is 0 Å². The van der Waals surface area contributed by atoms with Crippen LogP contribution in [0.2, 0.25) is 5.02 Å². The van der Waals surface area contributed by atoms with Gasteiger partial charge in [-0.2, -0.15) is 0 Å². The highest BCUT2D eigenvalue weighted by atomic mass is 35.5. The summed E-state index contributed by atoms with van der Waals surface area (Å²) in [7, 11) is 0. The molecule has 1 heterocycles. The third kappa shape index (κ3) is 2.76. The van der Waals surface area contributed by atoms with Crippen LogP contribution in [0.15, 0.2) is 12.3 Å². The maximum atomic E-state index is 9.01. The van der Waals surface area contributed by atoms with Gasteiger partial charge in [-0.05, 0) is 13.0 Å². The minimum absolute atomic E-state index is 0.0687. The molecule has 3 heteroatoms. The Balaban J connectivity index is 0.000000461. The molecule has 0 unspecified atom stereocenters. The van der Waals surface area contributed by atoms with Crippen molar-refractivity contribution < 1.29 is 5.11 Å². The third-order valence-corrected chi connectivity index (χ3v) is 1.36. The molecule has 0 saturated carbocycles. The molecule has 0 amide bonds. The molecule has 0 atom stereocenters. The summed E-state index contributed by atoms with van der Waals surface area (Å²) in [5.74, 6) is 0.0687. The number of aryl methyl sites for hydroxylation is 1. The molecule has 0 spiro atoms. The quantitative estimate of drug-likeness (QED) is 0.655. The first-order chi connectivity index (χ1) is 5.22. The number of halogens is 1. The average Bonchev–Trinajstić information content (AvgIpc) is 2.04. The van der Waals surface area contributed by atoms with Crippen LogP contribution in [0.1, 0.15) is 19.5 Å². The molecule has 0 aromatic carbocycles. The van der Waals surface area contributed by atoms with Crippen LogP contribution in [0.3, 0.4) is 0 Å². The van der Waals surface area contributed by atoms with Gasteiger partial charge < -0.3 is 5.11 Å². The van der Waals surface area contributed by atoms with Crippen LogP contribution < -0.4 is 0 Å². The van der Waals surface area contributed by atoms with Gasteiger partial charge in [0, 0.05) is 6.20 Å². The van der Waals surface area contributed by atoms with E-state index >= 15 is 0 Å². The van der Waals surface area contributed by atoms with E-state index in [4.69, 9.17) is 16.7 Å². The number of hydrogen-bond acceptors (Lipinski definition) is 2. The average molecular weight is 174 g/mol. The standard InChI is InChI=1S/C6H6ClNO.C2H6/c1-4-6(9)5(7)2-3-8-4;1-2/h2-3,9H,1H3;1-2H3. The van der Waals surface area contributed by atoms with Gasteiger partial charge in [0.1, 0.15) is 0 Å².